The van der Waals surface area contributed by atoms with E-state index in [-0.39, 0.29) is 24.7 Å². The molecule has 0 spiro atoms. The zero-order valence-corrected chi connectivity index (χ0v) is 17.0. The van der Waals surface area contributed by atoms with Gasteiger partial charge in [-0.05, 0) is 42.5 Å². The zero-order valence-electron chi connectivity index (χ0n) is 17.0. The summed E-state index contributed by atoms with van der Waals surface area (Å²) in [7, 11) is 0. The molecule has 3 aromatic rings. The summed E-state index contributed by atoms with van der Waals surface area (Å²) in [5, 5.41) is 16.2. The van der Waals surface area contributed by atoms with Crippen molar-refractivity contribution in [2.45, 2.75) is 24.7 Å². The van der Waals surface area contributed by atoms with Crippen molar-refractivity contribution >= 4 is 5.69 Å². The Kier molecular flexibility index (Phi) is 6.09. The number of hydrogen-bond donors (Lipinski definition) is 0. The summed E-state index contributed by atoms with van der Waals surface area (Å²) in [5.74, 6) is 0.599. The third-order valence-electron chi connectivity index (χ3n) is 4.94. The van der Waals surface area contributed by atoms with Gasteiger partial charge in [0.2, 0.25) is 18.5 Å². The smallest absolute Gasteiger partial charge is 0.433 e. The van der Waals surface area contributed by atoms with Crippen molar-refractivity contribution in [1.29, 1.82) is 5.26 Å². The van der Waals surface area contributed by atoms with Crippen LogP contribution in [-0.2, 0) is 10.9 Å². The van der Waals surface area contributed by atoms with E-state index in [4.69, 9.17) is 19.2 Å². The van der Waals surface area contributed by atoms with Gasteiger partial charge in [0.15, 0.2) is 0 Å². The normalized spacial score (nSPS) is 18.7. The first-order chi connectivity index (χ1) is 16.1. The Morgan fingerprint density at radius 1 is 1.09 bits per heavy atom. The topological polar surface area (TPSA) is 84.4 Å². The lowest BCUT2D eigenvalue weighted by Crippen LogP contribution is -2.42. The number of aromatic nitrogens is 2. The lowest BCUT2D eigenvalue weighted by atomic mass is 10.1. The van der Waals surface area contributed by atoms with Gasteiger partial charge >= 0.3 is 12.4 Å². The van der Waals surface area contributed by atoms with Gasteiger partial charge < -0.3 is 18.8 Å². The molecule has 13 heteroatoms. The van der Waals surface area contributed by atoms with Crippen LogP contribution in [0.4, 0.5) is 32.0 Å². The molecular weight excluding hydrogens is 470 g/mol. The number of hydrogen-bond acceptors (Lipinski definition) is 7. The first-order valence-electron chi connectivity index (χ1n) is 9.66. The molecule has 1 aliphatic rings. The van der Waals surface area contributed by atoms with Crippen LogP contribution in [0.2, 0.25) is 0 Å². The second kappa shape index (κ2) is 8.86. The van der Waals surface area contributed by atoms with Crippen molar-refractivity contribution in [3.05, 3.63) is 60.0 Å². The minimum atomic E-state index is -4.91. The highest BCUT2D eigenvalue weighted by molar-refractivity contribution is 5.56. The maximum Gasteiger partial charge on any atom is 0.433 e. The van der Waals surface area contributed by atoms with Crippen LogP contribution in [0.3, 0.4) is 0 Å². The minimum absolute atomic E-state index is 0.273. The molecule has 0 N–H and O–H groups in total. The van der Waals surface area contributed by atoms with Gasteiger partial charge in [0.05, 0.1) is 23.7 Å². The molecule has 178 valence electrons. The lowest BCUT2D eigenvalue weighted by Gasteiger charge is -2.27. The molecule has 0 radical (unpaired) electrons. The number of alkyl halides is 6. The highest BCUT2D eigenvalue weighted by Crippen LogP contribution is 2.39. The van der Waals surface area contributed by atoms with Crippen LogP contribution in [-0.4, -0.2) is 41.9 Å². The lowest BCUT2D eigenvalue weighted by molar-refractivity contribution is -0.215. The molecule has 7 nitrogen and oxygen atoms in total. The van der Waals surface area contributed by atoms with E-state index in [1.165, 1.54) is 6.07 Å². The summed E-state index contributed by atoms with van der Waals surface area (Å²) in [4.78, 5) is 0.670. The Hall–Kier alpha value is -3.79. The fourth-order valence-corrected chi connectivity index (χ4v) is 3.43. The molecule has 0 amide bonds. The van der Waals surface area contributed by atoms with E-state index < -0.39 is 35.8 Å². The van der Waals surface area contributed by atoms with Crippen molar-refractivity contribution in [2.75, 3.05) is 18.1 Å². The number of nitrogens with zero attached hydrogens (tertiary/aromatic N) is 4. The van der Waals surface area contributed by atoms with Crippen molar-refractivity contribution in [2.24, 2.45) is 0 Å². The minimum Gasteiger partial charge on any atom is -0.491 e. The Bertz CT molecular complexity index is 1170. The number of ether oxygens (including phenoxy) is 2. The standard InChI is InChI=1S/C21H14F6N4O3/c22-20(23,24)17-7-14(4-1-13(17)8-28)31-9-16(34-19(31)21(25,26)27)10-32-15-5-2-12(3-6-15)18-30-29-11-33-18/h1-7,11,16,19H,9-10H2/t16-,19-/m1/s1. The summed E-state index contributed by atoms with van der Waals surface area (Å²) in [6.07, 6.45) is -12.2. The van der Waals surface area contributed by atoms with Gasteiger partial charge in [-0.15, -0.1) is 10.2 Å². The van der Waals surface area contributed by atoms with Crippen LogP contribution in [0.1, 0.15) is 11.1 Å². The number of halogens is 6. The van der Waals surface area contributed by atoms with Gasteiger partial charge in [-0.3, -0.25) is 0 Å². The molecule has 0 unspecified atom stereocenters. The second-order valence-corrected chi connectivity index (χ2v) is 7.22. The summed E-state index contributed by atoms with van der Waals surface area (Å²) < 4.78 is 96.3. The molecule has 0 aliphatic carbocycles. The van der Waals surface area contributed by atoms with E-state index in [1.54, 1.807) is 24.3 Å². The third-order valence-corrected chi connectivity index (χ3v) is 4.94. The van der Waals surface area contributed by atoms with Crippen LogP contribution in [0.5, 0.6) is 5.75 Å². The monoisotopic (exact) mass is 484 g/mol. The predicted molar refractivity (Wildman–Crippen MR) is 103 cm³/mol. The van der Waals surface area contributed by atoms with E-state index in [0.717, 1.165) is 18.5 Å². The molecule has 2 heterocycles. The molecule has 2 atom stereocenters. The molecule has 2 aromatic carbocycles. The number of nitriles is 1. The Morgan fingerprint density at radius 3 is 2.41 bits per heavy atom. The van der Waals surface area contributed by atoms with Gasteiger partial charge in [-0.2, -0.15) is 31.6 Å². The van der Waals surface area contributed by atoms with E-state index in [2.05, 4.69) is 10.2 Å². The number of rotatable bonds is 5. The molecule has 34 heavy (non-hydrogen) atoms. The van der Waals surface area contributed by atoms with E-state index in [1.807, 2.05) is 0 Å². The van der Waals surface area contributed by atoms with Gasteiger partial charge in [0.25, 0.3) is 0 Å². The number of anilines is 1. The predicted octanol–water partition coefficient (Wildman–Crippen LogP) is 4.80. The molecule has 1 fully saturated rings. The fourth-order valence-electron chi connectivity index (χ4n) is 3.43. The SMILES string of the molecule is N#Cc1ccc(N2C[C@H](COc3ccc(-c4nnco4)cc3)O[C@@H]2C(F)(F)F)cc1C(F)(F)F. The average Bonchev–Trinajstić information content (AvgIpc) is 3.47. The van der Waals surface area contributed by atoms with Crippen LogP contribution in [0.15, 0.2) is 53.3 Å². The molecule has 0 saturated carbocycles. The maximum atomic E-state index is 13.6. The summed E-state index contributed by atoms with van der Waals surface area (Å²) >= 11 is 0. The molecule has 1 saturated heterocycles. The first kappa shape index (κ1) is 23.4. The molecular formula is C21H14F6N4O3. The van der Waals surface area contributed by atoms with Crippen LogP contribution in [0.25, 0.3) is 11.5 Å². The first-order valence-corrected chi connectivity index (χ1v) is 9.66. The summed E-state index contributed by atoms with van der Waals surface area (Å²) in [6.45, 7) is -0.668. The van der Waals surface area contributed by atoms with Crippen molar-refractivity contribution in [3.63, 3.8) is 0 Å². The van der Waals surface area contributed by atoms with Crippen LogP contribution < -0.4 is 9.64 Å². The highest BCUT2D eigenvalue weighted by Gasteiger charge is 2.51. The Balaban J connectivity index is 1.50. The van der Waals surface area contributed by atoms with Crippen LogP contribution in [0, 0.1) is 11.3 Å². The fraction of sp³-hybridized carbons (Fsp3) is 0.286. The Labute approximate surface area is 188 Å². The van der Waals surface area contributed by atoms with Gasteiger partial charge in [-0.25, -0.2) is 0 Å². The van der Waals surface area contributed by atoms with E-state index >= 15 is 0 Å². The average molecular weight is 484 g/mol. The van der Waals surface area contributed by atoms with Crippen molar-refractivity contribution in [3.8, 4) is 23.3 Å². The summed E-state index contributed by atoms with van der Waals surface area (Å²) in [5.41, 5.74) is -1.79. The quantitative estimate of drug-likeness (QED) is 0.481. The highest BCUT2D eigenvalue weighted by atomic mass is 19.4. The summed E-state index contributed by atoms with van der Waals surface area (Å²) in [6, 6.07) is 10.1. The van der Waals surface area contributed by atoms with E-state index in [9.17, 15) is 26.3 Å². The third kappa shape index (κ3) is 4.91. The van der Waals surface area contributed by atoms with E-state index in [0.29, 0.717) is 22.3 Å². The number of benzene rings is 2. The van der Waals surface area contributed by atoms with Crippen molar-refractivity contribution < 1.29 is 40.2 Å². The zero-order chi connectivity index (χ0) is 24.5. The maximum absolute atomic E-state index is 13.6. The van der Waals surface area contributed by atoms with Crippen LogP contribution >= 0.6 is 0 Å². The van der Waals surface area contributed by atoms with Gasteiger partial charge in [-0.1, -0.05) is 0 Å². The molecule has 4 rings (SSSR count). The largest absolute Gasteiger partial charge is 0.491 e. The molecule has 1 aromatic heterocycles. The Morgan fingerprint density at radius 2 is 1.82 bits per heavy atom. The second-order valence-electron chi connectivity index (χ2n) is 7.22. The van der Waals surface area contributed by atoms with Gasteiger partial charge in [0, 0.05) is 11.3 Å². The molecule has 0 bridgehead atoms. The van der Waals surface area contributed by atoms with Gasteiger partial charge in [0.1, 0.15) is 18.5 Å². The molecule has 1 aliphatic heterocycles. The van der Waals surface area contributed by atoms with Crippen molar-refractivity contribution in [1.82, 2.24) is 10.2 Å².